The molecule has 0 radical (unpaired) electrons. The van der Waals surface area contributed by atoms with Gasteiger partial charge in [-0.25, -0.2) is 0 Å². The molecule has 106 valence electrons. The molecule has 0 bridgehead atoms. The third kappa shape index (κ3) is 4.22. The fourth-order valence-corrected chi connectivity index (χ4v) is 2.62. The second kappa shape index (κ2) is 6.92. The lowest BCUT2D eigenvalue weighted by molar-refractivity contribution is -0.0341. The molecule has 1 aromatic rings. The predicted molar refractivity (Wildman–Crippen MR) is 77.4 cm³/mol. The largest absolute Gasteiger partial charge is 0.490 e. The number of para-hydroxylation sites is 1. The van der Waals surface area contributed by atoms with Crippen LogP contribution < -0.4 is 10.1 Å². The van der Waals surface area contributed by atoms with E-state index in [1.165, 1.54) is 6.42 Å². The number of nitrogens with one attached hydrogen (secondary N) is 1. The minimum Gasteiger partial charge on any atom is -0.490 e. The Morgan fingerprint density at radius 2 is 1.95 bits per heavy atom. The zero-order valence-electron chi connectivity index (χ0n) is 11.8. The van der Waals surface area contributed by atoms with Gasteiger partial charge in [-0.15, -0.1) is 0 Å². The molecule has 2 N–H and O–H groups in total. The Morgan fingerprint density at radius 3 is 2.68 bits per heavy atom. The van der Waals surface area contributed by atoms with Gasteiger partial charge in [0.05, 0.1) is 5.60 Å². The van der Waals surface area contributed by atoms with E-state index in [0.29, 0.717) is 6.61 Å². The van der Waals surface area contributed by atoms with Gasteiger partial charge in [0.2, 0.25) is 0 Å². The highest BCUT2D eigenvalue weighted by Crippen LogP contribution is 2.29. The first kappa shape index (κ1) is 14.4. The number of benzene rings is 1. The Balaban J connectivity index is 1.94. The summed E-state index contributed by atoms with van der Waals surface area (Å²) in [5, 5.41) is 13.8. The molecule has 1 saturated carbocycles. The molecule has 19 heavy (non-hydrogen) atoms. The van der Waals surface area contributed by atoms with Crippen LogP contribution in [0.5, 0.6) is 5.75 Å². The summed E-state index contributed by atoms with van der Waals surface area (Å²) < 4.78 is 5.89. The van der Waals surface area contributed by atoms with E-state index >= 15 is 0 Å². The van der Waals surface area contributed by atoms with Crippen LogP contribution in [0.1, 0.15) is 44.6 Å². The zero-order valence-corrected chi connectivity index (χ0v) is 11.8. The minimum atomic E-state index is -0.621. The van der Waals surface area contributed by atoms with Crippen LogP contribution in [0.25, 0.3) is 0 Å². The van der Waals surface area contributed by atoms with E-state index < -0.39 is 5.60 Å². The van der Waals surface area contributed by atoms with Crippen molar-refractivity contribution >= 4 is 0 Å². The van der Waals surface area contributed by atoms with Crippen LogP contribution >= 0.6 is 0 Å². The summed E-state index contributed by atoms with van der Waals surface area (Å²) in [5.41, 5.74) is 0.535. The maximum absolute atomic E-state index is 10.5. The second-order valence-corrected chi connectivity index (χ2v) is 5.46. The summed E-state index contributed by atoms with van der Waals surface area (Å²) in [6, 6.07) is 8.06. The summed E-state index contributed by atoms with van der Waals surface area (Å²) in [6.07, 6.45) is 5.18. The molecule has 0 atom stereocenters. The van der Waals surface area contributed by atoms with E-state index in [1.807, 2.05) is 18.2 Å². The Bertz CT molecular complexity index is 386. The standard InChI is InChI=1S/C16H25NO2/c1-2-17-12-14-8-4-5-9-15(14)19-13-16(18)10-6-3-7-11-16/h4-5,8-9,17-18H,2-3,6-7,10-13H2,1H3. The average Bonchev–Trinajstić information content (AvgIpc) is 2.45. The lowest BCUT2D eigenvalue weighted by atomic mass is 9.85. The van der Waals surface area contributed by atoms with Crippen LogP contribution in [0.3, 0.4) is 0 Å². The maximum Gasteiger partial charge on any atom is 0.123 e. The fraction of sp³-hybridized carbons (Fsp3) is 0.625. The lowest BCUT2D eigenvalue weighted by Gasteiger charge is -2.32. The first-order chi connectivity index (χ1) is 9.23. The molecule has 0 unspecified atom stereocenters. The van der Waals surface area contributed by atoms with Gasteiger partial charge in [-0.2, -0.15) is 0 Å². The van der Waals surface area contributed by atoms with E-state index in [0.717, 1.165) is 50.1 Å². The normalized spacial score (nSPS) is 18.2. The molecule has 0 saturated heterocycles. The Kier molecular flexibility index (Phi) is 5.23. The van der Waals surface area contributed by atoms with E-state index in [9.17, 15) is 5.11 Å². The summed E-state index contributed by atoms with van der Waals surface area (Å²) in [4.78, 5) is 0. The fourth-order valence-electron chi connectivity index (χ4n) is 2.62. The molecule has 1 fully saturated rings. The number of hydrogen-bond acceptors (Lipinski definition) is 3. The van der Waals surface area contributed by atoms with Crippen molar-refractivity contribution in [1.82, 2.24) is 5.32 Å². The van der Waals surface area contributed by atoms with Gasteiger partial charge in [0.15, 0.2) is 0 Å². The molecule has 2 rings (SSSR count). The predicted octanol–water partition coefficient (Wildman–Crippen LogP) is 2.87. The van der Waals surface area contributed by atoms with Gasteiger partial charge in [0.25, 0.3) is 0 Å². The minimum absolute atomic E-state index is 0.413. The topological polar surface area (TPSA) is 41.5 Å². The zero-order chi connectivity index (χ0) is 13.6. The van der Waals surface area contributed by atoms with Crippen LogP contribution in [-0.2, 0) is 6.54 Å². The number of aliphatic hydroxyl groups is 1. The quantitative estimate of drug-likeness (QED) is 0.829. The van der Waals surface area contributed by atoms with E-state index in [-0.39, 0.29) is 0 Å². The molecule has 1 aliphatic rings. The molecule has 0 spiro atoms. The SMILES string of the molecule is CCNCc1ccccc1OCC1(O)CCCCC1. The van der Waals surface area contributed by atoms with Crippen LogP contribution in [-0.4, -0.2) is 23.9 Å². The van der Waals surface area contributed by atoms with Crippen molar-refractivity contribution in [2.45, 2.75) is 51.2 Å². The summed E-state index contributed by atoms with van der Waals surface area (Å²) >= 11 is 0. The van der Waals surface area contributed by atoms with Crippen molar-refractivity contribution in [2.75, 3.05) is 13.2 Å². The Labute approximate surface area is 116 Å². The molecule has 3 nitrogen and oxygen atoms in total. The van der Waals surface area contributed by atoms with Crippen LogP contribution in [0.2, 0.25) is 0 Å². The van der Waals surface area contributed by atoms with Gasteiger partial charge in [-0.05, 0) is 25.5 Å². The van der Waals surface area contributed by atoms with Gasteiger partial charge < -0.3 is 15.2 Å². The highest BCUT2D eigenvalue weighted by Gasteiger charge is 2.30. The third-order valence-corrected chi connectivity index (χ3v) is 3.82. The van der Waals surface area contributed by atoms with Crippen molar-refractivity contribution in [2.24, 2.45) is 0 Å². The van der Waals surface area contributed by atoms with Crippen molar-refractivity contribution < 1.29 is 9.84 Å². The maximum atomic E-state index is 10.5. The van der Waals surface area contributed by atoms with Crippen LogP contribution in [0.15, 0.2) is 24.3 Å². The van der Waals surface area contributed by atoms with Gasteiger partial charge >= 0.3 is 0 Å². The van der Waals surface area contributed by atoms with Gasteiger partial charge in [0, 0.05) is 12.1 Å². The monoisotopic (exact) mass is 263 g/mol. The summed E-state index contributed by atoms with van der Waals surface area (Å²) in [7, 11) is 0. The molecule has 0 heterocycles. The highest BCUT2D eigenvalue weighted by atomic mass is 16.5. The smallest absolute Gasteiger partial charge is 0.123 e. The van der Waals surface area contributed by atoms with Crippen molar-refractivity contribution in [3.05, 3.63) is 29.8 Å². The van der Waals surface area contributed by atoms with Gasteiger partial charge in [-0.3, -0.25) is 0 Å². The molecule has 1 aromatic carbocycles. The highest BCUT2D eigenvalue weighted by molar-refractivity contribution is 5.33. The van der Waals surface area contributed by atoms with E-state index in [2.05, 4.69) is 18.3 Å². The Hall–Kier alpha value is -1.06. The first-order valence-corrected chi connectivity index (χ1v) is 7.37. The van der Waals surface area contributed by atoms with Gasteiger partial charge in [0.1, 0.15) is 12.4 Å². The van der Waals surface area contributed by atoms with Crippen molar-refractivity contribution in [3.63, 3.8) is 0 Å². The first-order valence-electron chi connectivity index (χ1n) is 7.37. The van der Waals surface area contributed by atoms with Crippen LogP contribution in [0, 0.1) is 0 Å². The van der Waals surface area contributed by atoms with Crippen molar-refractivity contribution in [1.29, 1.82) is 0 Å². The van der Waals surface area contributed by atoms with Crippen LogP contribution in [0.4, 0.5) is 0 Å². The molecule has 1 aliphatic carbocycles. The van der Waals surface area contributed by atoms with E-state index in [1.54, 1.807) is 0 Å². The van der Waals surface area contributed by atoms with Gasteiger partial charge in [-0.1, -0.05) is 44.4 Å². The molecule has 0 aliphatic heterocycles. The summed E-state index contributed by atoms with van der Waals surface area (Å²) in [6.45, 7) is 4.26. The summed E-state index contributed by atoms with van der Waals surface area (Å²) in [5.74, 6) is 0.891. The average molecular weight is 263 g/mol. The third-order valence-electron chi connectivity index (χ3n) is 3.82. The number of hydrogen-bond donors (Lipinski definition) is 2. The molecular weight excluding hydrogens is 238 g/mol. The number of rotatable bonds is 6. The molecule has 0 amide bonds. The molecular formula is C16H25NO2. The second-order valence-electron chi connectivity index (χ2n) is 5.46. The van der Waals surface area contributed by atoms with Crippen molar-refractivity contribution in [3.8, 4) is 5.75 Å². The van der Waals surface area contributed by atoms with E-state index in [4.69, 9.17) is 4.74 Å². The Morgan fingerprint density at radius 1 is 1.21 bits per heavy atom. The number of ether oxygens (including phenoxy) is 1. The molecule has 3 heteroatoms. The lowest BCUT2D eigenvalue weighted by Crippen LogP contribution is -2.38. The molecule has 0 aromatic heterocycles.